The highest BCUT2D eigenvalue weighted by molar-refractivity contribution is 7.99. The highest BCUT2D eigenvalue weighted by Gasteiger charge is 1.98. The largest absolute Gasteiger partial charge is 0.165 e. The second-order valence-corrected chi connectivity index (χ2v) is 3.45. The fourth-order valence-corrected chi connectivity index (χ4v) is 0.936. The molecule has 0 N–H and O–H groups in total. The van der Waals surface area contributed by atoms with Crippen LogP contribution in [-0.2, 0) is 6.42 Å². The van der Waals surface area contributed by atoms with E-state index < -0.39 is 0 Å². The smallest absolute Gasteiger partial charge is 0.0684 e. The first-order chi connectivity index (χ1) is 4.79. The lowest BCUT2D eigenvalue weighted by atomic mass is 10.3. The molecule has 0 aliphatic carbocycles. The van der Waals surface area contributed by atoms with E-state index in [1.807, 2.05) is 0 Å². The van der Waals surface area contributed by atoms with Crippen molar-refractivity contribution in [3.8, 4) is 0 Å². The molecule has 0 saturated carbocycles. The molecule has 1 aromatic heterocycles. The van der Waals surface area contributed by atoms with Crippen molar-refractivity contribution < 1.29 is 0 Å². The Morgan fingerprint density at radius 3 is 2.80 bits per heavy atom. The fraction of sp³-hybridized carbons (Fsp3) is 0.400. The molecule has 0 aromatic carbocycles. The maximum Gasteiger partial charge on any atom is 0.0684 e. The molecule has 10 heavy (non-hydrogen) atoms. The van der Waals surface area contributed by atoms with Gasteiger partial charge >= 0.3 is 0 Å². The Kier molecular flexibility index (Phi) is 2.95. The van der Waals surface area contributed by atoms with Gasteiger partial charge in [-0.3, -0.25) is 0 Å². The van der Waals surface area contributed by atoms with Gasteiger partial charge < -0.3 is 0 Å². The minimum Gasteiger partial charge on any atom is -0.165 e. The molecule has 0 atom stereocenters. The van der Waals surface area contributed by atoms with Gasteiger partial charge in [-0.1, -0.05) is 0 Å². The normalized spacial score (nSPS) is 10.3. The number of hydrogen-bond acceptors (Lipinski definition) is 5. The summed E-state index contributed by atoms with van der Waals surface area (Å²) < 4.78 is 0.0247. The van der Waals surface area contributed by atoms with Crippen LogP contribution >= 0.6 is 25.3 Å². The summed E-state index contributed by atoms with van der Waals surface area (Å²) in [7, 11) is 0. The van der Waals surface area contributed by atoms with Crippen molar-refractivity contribution in [2.24, 2.45) is 0 Å². The molecule has 0 aliphatic heterocycles. The molecule has 0 fully saturated rings. The Balaban J connectivity index is 2.59. The monoisotopic (exact) mass is 173 g/mol. The van der Waals surface area contributed by atoms with Gasteiger partial charge in [0.15, 0.2) is 0 Å². The van der Waals surface area contributed by atoms with Crippen LogP contribution in [0.25, 0.3) is 0 Å². The van der Waals surface area contributed by atoms with E-state index in [2.05, 4.69) is 40.7 Å². The summed E-state index contributed by atoms with van der Waals surface area (Å²) in [5, 5.41) is 10.8. The number of aromatic nitrogens is 3. The van der Waals surface area contributed by atoms with Crippen molar-refractivity contribution in [3.63, 3.8) is 0 Å². The summed E-state index contributed by atoms with van der Waals surface area (Å²) >= 11 is 8.17. The molecule has 3 nitrogen and oxygen atoms in total. The van der Waals surface area contributed by atoms with Gasteiger partial charge in [-0.2, -0.15) is 25.3 Å². The fourth-order valence-electron chi connectivity index (χ4n) is 0.562. The average Bonchev–Trinajstić information content (AvgIpc) is 1.88. The predicted molar refractivity (Wildman–Crippen MR) is 45.3 cm³/mol. The second kappa shape index (κ2) is 3.78. The van der Waals surface area contributed by atoms with Gasteiger partial charge in [-0.25, -0.2) is 0 Å². The van der Waals surface area contributed by atoms with Crippen LogP contribution in [0.2, 0.25) is 0 Å². The minimum absolute atomic E-state index is 0.0247. The van der Waals surface area contributed by atoms with Gasteiger partial charge in [-0.15, -0.1) is 10.2 Å². The SMILES string of the molecule is SC(S)Cc1ccnnn1. The van der Waals surface area contributed by atoms with Crippen LogP contribution in [0.1, 0.15) is 5.69 Å². The number of thiol groups is 2. The van der Waals surface area contributed by atoms with Crippen LogP contribution in [0.15, 0.2) is 12.3 Å². The van der Waals surface area contributed by atoms with Gasteiger partial charge in [0.05, 0.1) is 11.9 Å². The summed E-state index contributed by atoms with van der Waals surface area (Å²) in [6.07, 6.45) is 2.31. The first-order valence-corrected chi connectivity index (χ1v) is 3.81. The predicted octanol–water partition coefficient (Wildman–Crippen LogP) is 0.600. The van der Waals surface area contributed by atoms with E-state index in [-0.39, 0.29) is 4.58 Å². The van der Waals surface area contributed by atoms with E-state index in [1.54, 1.807) is 12.3 Å². The molecule has 54 valence electrons. The number of nitrogens with zero attached hydrogens (tertiary/aromatic N) is 3. The quantitative estimate of drug-likeness (QED) is 0.508. The molecule has 1 rings (SSSR count). The molecule has 1 aromatic rings. The molecule has 0 saturated heterocycles. The molecule has 1 heterocycles. The van der Waals surface area contributed by atoms with Crippen molar-refractivity contribution >= 4 is 25.3 Å². The van der Waals surface area contributed by atoms with E-state index in [4.69, 9.17) is 0 Å². The molecule has 5 heteroatoms. The zero-order valence-electron chi connectivity index (χ0n) is 5.18. The first-order valence-electron chi connectivity index (χ1n) is 2.78. The van der Waals surface area contributed by atoms with Crippen molar-refractivity contribution in [3.05, 3.63) is 18.0 Å². The summed E-state index contributed by atoms with van der Waals surface area (Å²) in [5.41, 5.74) is 0.866. The highest BCUT2D eigenvalue weighted by atomic mass is 32.2. The molecule has 0 bridgehead atoms. The lowest BCUT2D eigenvalue weighted by Gasteiger charge is -1.98. The minimum atomic E-state index is 0.0247. The van der Waals surface area contributed by atoms with Crippen LogP contribution < -0.4 is 0 Å². The first kappa shape index (κ1) is 7.81. The van der Waals surface area contributed by atoms with E-state index >= 15 is 0 Å². The third-order valence-corrected chi connectivity index (χ3v) is 1.32. The van der Waals surface area contributed by atoms with Crippen LogP contribution in [0.4, 0.5) is 0 Å². The van der Waals surface area contributed by atoms with Gasteiger partial charge in [0.25, 0.3) is 0 Å². The molecule has 0 spiro atoms. The van der Waals surface area contributed by atoms with Crippen LogP contribution in [-0.4, -0.2) is 20.0 Å². The maximum atomic E-state index is 4.09. The van der Waals surface area contributed by atoms with Gasteiger partial charge in [0.2, 0.25) is 0 Å². The lowest BCUT2D eigenvalue weighted by Crippen LogP contribution is -1.99. The van der Waals surface area contributed by atoms with Crippen LogP contribution in [0, 0.1) is 0 Å². The van der Waals surface area contributed by atoms with Crippen LogP contribution in [0.3, 0.4) is 0 Å². The summed E-state index contributed by atoms with van der Waals surface area (Å²) in [5.74, 6) is 0. The number of rotatable bonds is 2. The third kappa shape index (κ3) is 2.53. The van der Waals surface area contributed by atoms with Crippen LogP contribution in [0.5, 0.6) is 0 Å². The molecule has 0 radical (unpaired) electrons. The topological polar surface area (TPSA) is 38.7 Å². The van der Waals surface area contributed by atoms with E-state index in [0.29, 0.717) is 6.42 Å². The molecular weight excluding hydrogens is 166 g/mol. The Morgan fingerprint density at radius 2 is 2.30 bits per heavy atom. The van der Waals surface area contributed by atoms with Crippen molar-refractivity contribution in [2.75, 3.05) is 0 Å². The third-order valence-electron chi connectivity index (χ3n) is 0.950. The van der Waals surface area contributed by atoms with Gasteiger partial charge in [0.1, 0.15) is 0 Å². The number of hydrogen-bond donors (Lipinski definition) is 2. The highest BCUT2D eigenvalue weighted by Crippen LogP contribution is 2.06. The molecular formula is C5H7N3S2. The summed E-state index contributed by atoms with van der Waals surface area (Å²) in [6.45, 7) is 0. The Labute approximate surface area is 70.1 Å². The maximum absolute atomic E-state index is 4.09. The van der Waals surface area contributed by atoms with Crippen molar-refractivity contribution in [1.82, 2.24) is 15.4 Å². The summed E-state index contributed by atoms with van der Waals surface area (Å²) in [6, 6.07) is 1.80. The van der Waals surface area contributed by atoms with E-state index in [0.717, 1.165) is 5.69 Å². The molecule has 0 aliphatic rings. The van der Waals surface area contributed by atoms with Gasteiger partial charge in [0, 0.05) is 11.0 Å². The lowest BCUT2D eigenvalue weighted by molar-refractivity contribution is 0.811. The van der Waals surface area contributed by atoms with Crippen molar-refractivity contribution in [1.29, 1.82) is 0 Å². The summed E-state index contributed by atoms with van der Waals surface area (Å²) in [4.78, 5) is 0. The Morgan fingerprint density at radius 1 is 1.50 bits per heavy atom. The molecule has 0 amide bonds. The van der Waals surface area contributed by atoms with Crippen molar-refractivity contribution in [2.45, 2.75) is 11.0 Å². The zero-order valence-corrected chi connectivity index (χ0v) is 6.96. The Bertz CT molecular complexity index is 189. The molecule has 0 unspecified atom stereocenters. The van der Waals surface area contributed by atoms with E-state index in [1.165, 1.54) is 0 Å². The second-order valence-electron chi connectivity index (χ2n) is 1.80. The Hall–Kier alpha value is -0.290. The standard InChI is InChI=1S/C5H7N3S2/c9-5(10)3-4-1-2-6-8-7-4/h1-2,5,9-10H,3H2. The average molecular weight is 173 g/mol. The zero-order chi connectivity index (χ0) is 7.40. The van der Waals surface area contributed by atoms with Gasteiger partial charge in [-0.05, 0) is 11.3 Å². The van der Waals surface area contributed by atoms with E-state index in [9.17, 15) is 0 Å².